The zero-order valence-electron chi connectivity index (χ0n) is 11.5. The predicted octanol–water partition coefficient (Wildman–Crippen LogP) is 2.28. The van der Waals surface area contributed by atoms with Gasteiger partial charge in [-0.3, -0.25) is 4.68 Å². The number of anilines is 2. The molecule has 1 atom stereocenters. The molecule has 0 fully saturated rings. The minimum absolute atomic E-state index is 0.437. The summed E-state index contributed by atoms with van der Waals surface area (Å²) < 4.78 is 1.84. The summed E-state index contributed by atoms with van der Waals surface area (Å²) >= 11 is 0. The highest BCUT2D eigenvalue weighted by Crippen LogP contribution is 2.27. The van der Waals surface area contributed by atoms with Crippen LogP contribution in [-0.4, -0.2) is 15.8 Å². The van der Waals surface area contributed by atoms with Crippen LogP contribution < -0.4 is 11.1 Å². The number of nitrogens with zero attached hydrogens (tertiary/aromatic N) is 2. The zero-order valence-corrected chi connectivity index (χ0v) is 11.5. The van der Waals surface area contributed by atoms with Gasteiger partial charge >= 0.3 is 0 Å². The SMILES string of the molecule is Cc1nn(C)c(NC2CCc3ccccc3C2)c1N. The van der Waals surface area contributed by atoms with E-state index in [9.17, 15) is 0 Å². The lowest BCUT2D eigenvalue weighted by Crippen LogP contribution is -2.28. The fourth-order valence-electron chi connectivity index (χ4n) is 2.86. The molecule has 4 nitrogen and oxygen atoms in total. The Balaban J connectivity index is 1.79. The monoisotopic (exact) mass is 256 g/mol. The maximum atomic E-state index is 6.07. The van der Waals surface area contributed by atoms with Gasteiger partial charge in [-0.2, -0.15) is 5.10 Å². The van der Waals surface area contributed by atoms with Crippen LogP contribution >= 0.6 is 0 Å². The van der Waals surface area contributed by atoms with Crippen molar-refractivity contribution in [2.24, 2.45) is 7.05 Å². The molecule has 0 bridgehead atoms. The molecule has 0 saturated heterocycles. The molecule has 1 aliphatic carbocycles. The molecule has 1 heterocycles. The van der Waals surface area contributed by atoms with Crippen molar-refractivity contribution in [2.75, 3.05) is 11.1 Å². The number of hydrogen-bond donors (Lipinski definition) is 2. The number of fused-ring (bicyclic) bond motifs is 1. The first kappa shape index (κ1) is 12.1. The van der Waals surface area contributed by atoms with Gasteiger partial charge in [0.25, 0.3) is 0 Å². The second-order valence-electron chi connectivity index (χ2n) is 5.32. The van der Waals surface area contributed by atoms with E-state index in [1.807, 2.05) is 18.7 Å². The number of aromatic nitrogens is 2. The molecular formula is C15H20N4. The molecule has 3 rings (SSSR count). The maximum absolute atomic E-state index is 6.07. The standard InChI is InChI=1S/C15H20N4/c1-10-14(16)15(19(2)18-10)17-13-8-7-11-5-3-4-6-12(11)9-13/h3-6,13,17H,7-9,16H2,1-2H3. The fourth-order valence-corrected chi connectivity index (χ4v) is 2.86. The summed E-state index contributed by atoms with van der Waals surface area (Å²) in [5.41, 5.74) is 10.7. The summed E-state index contributed by atoms with van der Waals surface area (Å²) in [6.45, 7) is 1.94. The van der Waals surface area contributed by atoms with Crippen LogP contribution in [0.15, 0.2) is 24.3 Å². The molecule has 3 N–H and O–H groups in total. The van der Waals surface area contributed by atoms with Gasteiger partial charge in [0.15, 0.2) is 0 Å². The Hall–Kier alpha value is -1.97. The van der Waals surface area contributed by atoms with Crippen molar-refractivity contribution in [3.63, 3.8) is 0 Å². The quantitative estimate of drug-likeness (QED) is 0.866. The first-order chi connectivity index (χ1) is 9.15. The Morgan fingerprint density at radius 3 is 2.74 bits per heavy atom. The highest BCUT2D eigenvalue weighted by Gasteiger charge is 2.20. The Kier molecular flexibility index (Phi) is 2.93. The molecule has 0 saturated carbocycles. The van der Waals surface area contributed by atoms with Gasteiger partial charge in [-0.05, 0) is 37.3 Å². The van der Waals surface area contributed by atoms with E-state index in [0.29, 0.717) is 6.04 Å². The summed E-state index contributed by atoms with van der Waals surface area (Å²) in [5, 5.41) is 7.90. The van der Waals surface area contributed by atoms with Gasteiger partial charge in [0.1, 0.15) is 5.82 Å². The first-order valence-electron chi connectivity index (χ1n) is 6.77. The van der Waals surface area contributed by atoms with Crippen LogP contribution in [0.5, 0.6) is 0 Å². The molecule has 0 amide bonds. The van der Waals surface area contributed by atoms with Crippen molar-refractivity contribution < 1.29 is 0 Å². The number of aryl methyl sites for hydroxylation is 3. The Labute approximate surface area is 113 Å². The van der Waals surface area contributed by atoms with E-state index in [2.05, 4.69) is 34.7 Å². The molecular weight excluding hydrogens is 236 g/mol. The lowest BCUT2D eigenvalue weighted by atomic mass is 9.88. The second kappa shape index (κ2) is 4.61. The molecule has 1 aromatic heterocycles. The van der Waals surface area contributed by atoms with Gasteiger partial charge in [0.05, 0.1) is 11.4 Å². The Bertz CT molecular complexity index is 600. The Morgan fingerprint density at radius 1 is 1.32 bits per heavy atom. The summed E-state index contributed by atoms with van der Waals surface area (Å²) in [6, 6.07) is 9.13. The molecule has 100 valence electrons. The molecule has 19 heavy (non-hydrogen) atoms. The third-order valence-corrected chi connectivity index (χ3v) is 3.96. The second-order valence-corrected chi connectivity index (χ2v) is 5.32. The lowest BCUT2D eigenvalue weighted by molar-refractivity contribution is 0.601. The van der Waals surface area contributed by atoms with Crippen LogP contribution in [0.4, 0.5) is 11.5 Å². The largest absolute Gasteiger partial charge is 0.394 e. The molecule has 1 aliphatic rings. The average Bonchev–Trinajstić information content (AvgIpc) is 2.65. The average molecular weight is 256 g/mol. The van der Waals surface area contributed by atoms with E-state index in [4.69, 9.17) is 5.73 Å². The van der Waals surface area contributed by atoms with Crippen molar-refractivity contribution in [1.82, 2.24) is 9.78 Å². The van der Waals surface area contributed by atoms with E-state index in [-0.39, 0.29) is 0 Å². The van der Waals surface area contributed by atoms with E-state index in [1.54, 1.807) is 0 Å². The summed E-state index contributed by atoms with van der Waals surface area (Å²) in [4.78, 5) is 0. The highest BCUT2D eigenvalue weighted by atomic mass is 15.3. The number of hydrogen-bond acceptors (Lipinski definition) is 3. The van der Waals surface area contributed by atoms with Crippen molar-refractivity contribution in [3.05, 3.63) is 41.1 Å². The van der Waals surface area contributed by atoms with Gasteiger partial charge in [0.2, 0.25) is 0 Å². The van der Waals surface area contributed by atoms with Gasteiger partial charge in [-0.25, -0.2) is 0 Å². The van der Waals surface area contributed by atoms with Crippen LogP contribution in [0.1, 0.15) is 23.2 Å². The molecule has 1 aromatic carbocycles. The normalized spacial score (nSPS) is 18.1. The molecule has 4 heteroatoms. The topological polar surface area (TPSA) is 55.9 Å². The maximum Gasteiger partial charge on any atom is 0.147 e. The number of nitrogen functional groups attached to an aromatic ring is 1. The molecule has 0 aliphatic heterocycles. The minimum atomic E-state index is 0.437. The summed E-state index contributed by atoms with van der Waals surface area (Å²) in [5.74, 6) is 0.946. The van der Waals surface area contributed by atoms with Crippen LogP contribution in [0.2, 0.25) is 0 Å². The highest BCUT2D eigenvalue weighted by molar-refractivity contribution is 5.65. The summed E-state index contributed by atoms with van der Waals surface area (Å²) in [7, 11) is 1.93. The van der Waals surface area contributed by atoms with Crippen LogP contribution in [0.3, 0.4) is 0 Å². The zero-order chi connectivity index (χ0) is 13.4. The number of rotatable bonds is 2. The van der Waals surface area contributed by atoms with E-state index < -0.39 is 0 Å². The van der Waals surface area contributed by atoms with Gasteiger partial charge in [-0.1, -0.05) is 24.3 Å². The van der Waals surface area contributed by atoms with E-state index in [0.717, 1.165) is 36.5 Å². The molecule has 0 spiro atoms. The fraction of sp³-hybridized carbons (Fsp3) is 0.400. The van der Waals surface area contributed by atoms with Crippen molar-refractivity contribution in [3.8, 4) is 0 Å². The van der Waals surface area contributed by atoms with E-state index >= 15 is 0 Å². The van der Waals surface area contributed by atoms with Crippen LogP contribution in [-0.2, 0) is 19.9 Å². The van der Waals surface area contributed by atoms with Crippen molar-refractivity contribution in [2.45, 2.75) is 32.2 Å². The minimum Gasteiger partial charge on any atom is -0.394 e. The number of benzene rings is 1. The molecule has 2 aromatic rings. The third kappa shape index (κ3) is 2.18. The van der Waals surface area contributed by atoms with Gasteiger partial charge in [-0.15, -0.1) is 0 Å². The lowest BCUT2D eigenvalue weighted by Gasteiger charge is -2.26. The molecule has 1 unspecified atom stereocenters. The van der Waals surface area contributed by atoms with Crippen LogP contribution in [0, 0.1) is 6.92 Å². The van der Waals surface area contributed by atoms with Crippen LogP contribution in [0.25, 0.3) is 0 Å². The molecule has 0 radical (unpaired) electrons. The van der Waals surface area contributed by atoms with E-state index in [1.165, 1.54) is 11.1 Å². The third-order valence-electron chi connectivity index (χ3n) is 3.96. The van der Waals surface area contributed by atoms with Gasteiger partial charge < -0.3 is 11.1 Å². The van der Waals surface area contributed by atoms with Crippen molar-refractivity contribution in [1.29, 1.82) is 0 Å². The first-order valence-corrected chi connectivity index (χ1v) is 6.77. The number of nitrogens with two attached hydrogens (primary N) is 1. The summed E-state index contributed by atoms with van der Waals surface area (Å²) in [6.07, 6.45) is 3.32. The van der Waals surface area contributed by atoms with Gasteiger partial charge in [0, 0.05) is 13.1 Å². The number of nitrogens with one attached hydrogen (secondary N) is 1. The van der Waals surface area contributed by atoms with Crippen molar-refractivity contribution >= 4 is 11.5 Å². The smallest absolute Gasteiger partial charge is 0.147 e. The Morgan fingerprint density at radius 2 is 2.05 bits per heavy atom. The predicted molar refractivity (Wildman–Crippen MR) is 78.2 cm³/mol.